The van der Waals surface area contributed by atoms with Gasteiger partial charge in [0.05, 0.1) is 6.20 Å². The number of rotatable bonds is 6. The summed E-state index contributed by atoms with van der Waals surface area (Å²) in [5.41, 5.74) is 0. The van der Waals surface area contributed by atoms with Crippen LogP contribution in [0.15, 0.2) is 11.2 Å². The SMILES string of the molecule is CCc1ncc(S(=O)(=O)NCCC(=O)NC)[nH]1. The maximum absolute atomic E-state index is 11.7. The van der Waals surface area contributed by atoms with Crippen molar-refractivity contribution >= 4 is 15.9 Å². The van der Waals surface area contributed by atoms with E-state index in [4.69, 9.17) is 0 Å². The minimum Gasteiger partial charge on any atom is -0.359 e. The lowest BCUT2D eigenvalue weighted by Crippen LogP contribution is -2.29. The molecule has 0 fully saturated rings. The molecule has 0 aromatic carbocycles. The number of amides is 1. The summed E-state index contributed by atoms with van der Waals surface area (Å²) >= 11 is 0. The summed E-state index contributed by atoms with van der Waals surface area (Å²) in [5, 5.41) is 2.43. The Labute approximate surface area is 100 Å². The van der Waals surface area contributed by atoms with E-state index < -0.39 is 10.0 Å². The van der Waals surface area contributed by atoms with Crippen molar-refractivity contribution in [3.63, 3.8) is 0 Å². The molecule has 7 nitrogen and oxygen atoms in total. The Hall–Kier alpha value is -1.41. The number of imidazole rings is 1. The van der Waals surface area contributed by atoms with Crippen LogP contribution in [0.3, 0.4) is 0 Å². The van der Waals surface area contributed by atoms with E-state index in [1.165, 1.54) is 13.2 Å². The van der Waals surface area contributed by atoms with Gasteiger partial charge in [0.1, 0.15) is 5.82 Å². The fourth-order valence-corrected chi connectivity index (χ4v) is 2.13. The van der Waals surface area contributed by atoms with Crippen LogP contribution in [-0.4, -0.2) is 37.9 Å². The smallest absolute Gasteiger partial charge is 0.257 e. The van der Waals surface area contributed by atoms with Crippen molar-refractivity contribution in [2.45, 2.75) is 24.8 Å². The molecule has 17 heavy (non-hydrogen) atoms. The molecule has 96 valence electrons. The molecule has 0 aliphatic heterocycles. The van der Waals surface area contributed by atoms with E-state index in [0.717, 1.165) is 0 Å². The first-order valence-corrected chi connectivity index (χ1v) is 6.72. The van der Waals surface area contributed by atoms with Gasteiger partial charge in [0.2, 0.25) is 5.91 Å². The van der Waals surface area contributed by atoms with E-state index in [0.29, 0.717) is 12.2 Å². The van der Waals surface area contributed by atoms with Gasteiger partial charge in [0.25, 0.3) is 10.0 Å². The Morgan fingerprint density at radius 1 is 1.53 bits per heavy atom. The van der Waals surface area contributed by atoms with Gasteiger partial charge >= 0.3 is 0 Å². The molecule has 0 saturated heterocycles. The topological polar surface area (TPSA) is 104 Å². The highest BCUT2D eigenvalue weighted by Crippen LogP contribution is 2.05. The second-order valence-corrected chi connectivity index (χ2v) is 5.10. The molecule has 1 aromatic heterocycles. The molecule has 8 heteroatoms. The average Bonchev–Trinajstić information content (AvgIpc) is 2.77. The van der Waals surface area contributed by atoms with E-state index in [-0.39, 0.29) is 23.9 Å². The van der Waals surface area contributed by atoms with Gasteiger partial charge in [-0.3, -0.25) is 4.79 Å². The normalized spacial score (nSPS) is 11.4. The maximum atomic E-state index is 11.7. The third-order valence-corrected chi connectivity index (χ3v) is 3.52. The number of hydrogen-bond acceptors (Lipinski definition) is 4. The summed E-state index contributed by atoms with van der Waals surface area (Å²) in [7, 11) is -2.10. The zero-order valence-corrected chi connectivity index (χ0v) is 10.6. The first kappa shape index (κ1) is 13.7. The Bertz CT molecular complexity index is 480. The number of carbonyl (C=O) groups is 1. The quantitative estimate of drug-likeness (QED) is 0.634. The van der Waals surface area contributed by atoms with Crippen LogP contribution in [-0.2, 0) is 21.2 Å². The summed E-state index contributed by atoms with van der Waals surface area (Å²) in [6, 6.07) is 0. The molecule has 0 saturated carbocycles. The molecule has 1 aromatic rings. The van der Waals surface area contributed by atoms with Crippen molar-refractivity contribution in [2.75, 3.05) is 13.6 Å². The molecule has 0 radical (unpaired) electrons. The van der Waals surface area contributed by atoms with Gasteiger partial charge in [-0.15, -0.1) is 0 Å². The molecule has 1 amide bonds. The molecule has 0 aliphatic rings. The summed E-state index contributed by atoms with van der Waals surface area (Å²) < 4.78 is 25.8. The van der Waals surface area contributed by atoms with E-state index in [9.17, 15) is 13.2 Å². The highest BCUT2D eigenvalue weighted by Gasteiger charge is 2.16. The minimum atomic E-state index is -3.60. The average molecular weight is 260 g/mol. The molecule has 1 heterocycles. The lowest BCUT2D eigenvalue weighted by atomic mass is 10.4. The van der Waals surface area contributed by atoms with Crippen molar-refractivity contribution in [1.29, 1.82) is 0 Å². The first-order chi connectivity index (χ1) is 7.99. The number of aromatic nitrogens is 2. The van der Waals surface area contributed by atoms with E-state index in [1.54, 1.807) is 0 Å². The van der Waals surface area contributed by atoms with E-state index in [1.807, 2.05) is 6.92 Å². The molecule has 0 bridgehead atoms. The monoisotopic (exact) mass is 260 g/mol. The van der Waals surface area contributed by atoms with Crippen molar-refractivity contribution < 1.29 is 13.2 Å². The number of aromatic amines is 1. The fraction of sp³-hybridized carbons (Fsp3) is 0.556. The molecule has 0 atom stereocenters. The standard InChI is InChI=1S/C9H16N4O3S/c1-3-7-11-6-9(13-7)17(15,16)12-5-4-8(14)10-2/h6,12H,3-5H2,1-2H3,(H,10,14)(H,11,13). The van der Waals surface area contributed by atoms with Crippen LogP contribution in [0.25, 0.3) is 0 Å². The molecular formula is C9H16N4O3S. The Kier molecular flexibility index (Phi) is 4.64. The number of carbonyl (C=O) groups excluding carboxylic acids is 1. The second kappa shape index (κ2) is 5.78. The molecule has 0 aliphatic carbocycles. The van der Waals surface area contributed by atoms with Gasteiger partial charge < -0.3 is 10.3 Å². The first-order valence-electron chi connectivity index (χ1n) is 5.23. The highest BCUT2D eigenvalue weighted by molar-refractivity contribution is 7.89. The third kappa shape index (κ3) is 3.82. The van der Waals surface area contributed by atoms with Gasteiger partial charge in [0, 0.05) is 26.4 Å². The van der Waals surface area contributed by atoms with Crippen LogP contribution < -0.4 is 10.0 Å². The minimum absolute atomic E-state index is 0.0197. The van der Waals surface area contributed by atoms with Crippen LogP contribution in [0.4, 0.5) is 0 Å². The van der Waals surface area contributed by atoms with Crippen molar-refractivity contribution in [2.24, 2.45) is 0 Å². The number of sulfonamides is 1. The van der Waals surface area contributed by atoms with Crippen molar-refractivity contribution in [3.05, 3.63) is 12.0 Å². The fourth-order valence-electron chi connectivity index (χ4n) is 1.16. The highest BCUT2D eigenvalue weighted by atomic mass is 32.2. The maximum Gasteiger partial charge on any atom is 0.257 e. The summed E-state index contributed by atoms with van der Waals surface area (Å²) in [6.07, 6.45) is 2.00. The van der Waals surface area contributed by atoms with Gasteiger partial charge in [-0.1, -0.05) is 6.92 Å². The molecule has 0 unspecified atom stereocenters. The number of nitrogens with one attached hydrogen (secondary N) is 3. The van der Waals surface area contributed by atoms with Crippen molar-refractivity contribution in [3.8, 4) is 0 Å². The number of nitrogens with zero attached hydrogens (tertiary/aromatic N) is 1. The molecule has 3 N–H and O–H groups in total. The molecular weight excluding hydrogens is 244 g/mol. The predicted octanol–water partition coefficient (Wildman–Crippen LogP) is -0.613. The number of aryl methyl sites for hydroxylation is 1. The Balaban J connectivity index is 2.59. The van der Waals surface area contributed by atoms with Crippen LogP contribution in [0, 0.1) is 0 Å². The van der Waals surface area contributed by atoms with Gasteiger partial charge in [0.15, 0.2) is 5.03 Å². The Morgan fingerprint density at radius 2 is 2.24 bits per heavy atom. The van der Waals surface area contributed by atoms with Crippen LogP contribution in [0.1, 0.15) is 19.2 Å². The third-order valence-electron chi connectivity index (χ3n) is 2.15. The predicted molar refractivity (Wildman–Crippen MR) is 61.8 cm³/mol. The number of hydrogen-bond donors (Lipinski definition) is 3. The zero-order chi connectivity index (χ0) is 12.9. The molecule has 0 spiro atoms. The largest absolute Gasteiger partial charge is 0.359 e. The number of H-pyrrole nitrogens is 1. The van der Waals surface area contributed by atoms with E-state index in [2.05, 4.69) is 20.0 Å². The van der Waals surface area contributed by atoms with E-state index >= 15 is 0 Å². The summed E-state index contributed by atoms with van der Waals surface area (Å²) in [6.45, 7) is 1.93. The van der Waals surface area contributed by atoms with Crippen LogP contribution in [0.2, 0.25) is 0 Å². The molecule has 1 rings (SSSR count). The summed E-state index contributed by atoms with van der Waals surface area (Å²) in [5.74, 6) is 0.392. The zero-order valence-electron chi connectivity index (χ0n) is 9.78. The van der Waals surface area contributed by atoms with Crippen LogP contribution >= 0.6 is 0 Å². The Morgan fingerprint density at radius 3 is 2.76 bits per heavy atom. The second-order valence-electron chi connectivity index (χ2n) is 3.37. The van der Waals surface area contributed by atoms with Crippen LogP contribution in [0.5, 0.6) is 0 Å². The lowest BCUT2D eigenvalue weighted by Gasteiger charge is -2.03. The van der Waals surface area contributed by atoms with Gasteiger partial charge in [-0.05, 0) is 0 Å². The summed E-state index contributed by atoms with van der Waals surface area (Å²) in [4.78, 5) is 17.5. The van der Waals surface area contributed by atoms with Crippen molar-refractivity contribution in [1.82, 2.24) is 20.0 Å². The van der Waals surface area contributed by atoms with Gasteiger partial charge in [-0.25, -0.2) is 18.1 Å². The van der Waals surface area contributed by atoms with Gasteiger partial charge in [-0.2, -0.15) is 0 Å². The lowest BCUT2D eigenvalue weighted by molar-refractivity contribution is -0.120.